The fourth-order valence-corrected chi connectivity index (χ4v) is 5.35. The number of benzene rings is 1. The number of hydrogen-bond donors (Lipinski definition) is 0. The average Bonchev–Trinajstić information content (AvgIpc) is 3.40. The van der Waals surface area contributed by atoms with E-state index in [-0.39, 0.29) is 11.9 Å². The van der Waals surface area contributed by atoms with E-state index >= 15 is 0 Å². The normalized spacial score (nSPS) is 23.3. The third kappa shape index (κ3) is 4.51. The molecule has 2 heterocycles. The molecule has 172 valence electrons. The van der Waals surface area contributed by atoms with Crippen LogP contribution in [0, 0.1) is 24.2 Å². The second-order valence-electron chi connectivity index (χ2n) is 9.00. The van der Waals surface area contributed by atoms with E-state index in [0.29, 0.717) is 30.1 Å². The minimum atomic E-state index is -0.276. The zero-order valence-corrected chi connectivity index (χ0v) is 19.5. The fourth-order valence-electron chi connectivity index (χ4n) is 5.35. The first-order valence-electron chi connectivity index (χ1n) is 11.7. The molecule has 1 saturated heterocycles. The van der Waals surface area contributed by atoms with Crippen molar-refractivity contribution in [1.29, 1.82) is 5.26 Å². The number of cyclic esters (lactones) is 1. The minimum Gasteiger partial charge on any atom is -0.457 e. The number of piperazine rings is 1. The third-order valence-corrected chi connectivity index (χ3v) is 7.32. The van der Waals surface area contributed by atoms with Crippen LogP contribution in [0.5, 0.6) is 0 Å². The quantitative estimate of drug-likeness (QED) is 0.510. The van der Waals surface area contributed by atoms with E-state index in [9.17, 15) is 14.9 Å². The van der Waals surface area contributed by atoms with Crippen LogP contribution in [0.1, 0.15) is 46.8 Å². The summed E-state index contributed by atoms with van der Waals surface area (Å²) >= 11 is 0. The molecule has 0 N–H and O–H groups in total. The van der Waals surface area contributed by atoms with Gasteiger partial charge in [-0.25, -0.2) is 4.79 Å². The third-order valence-electron chi connectivity index (χ3n) is 7.32. The number of nitrogens with zero attached hydrogens (tertiary/aromatic N) is 3. The maximum Gasteiger partial charge on any atom is 0.338 e. The number of rotatable bonds is 5. The number of fused-ring (bicyclic) bond motifs is 1. The molecule has 1 aromatic rings. The van der Waals surface area contributed by atoms with Gasteiger partial charge in [-0.2, -0.15) is 5.26 Å². The summed E-state index contributed by atoms with van der Waals surface area (Å²) in [7, 11) is 0. The van der Waals surface area contributed by atoms with Crippen LogP contribution in [0.2, 0.25) is 0 Å². The Morgan fingerprint density at radius 1 is 1.30 bits per heavy atom. The van der Waals surface area contributed by atoms with Crippen molar-refractivity contribution >= 4 is 11.9 Å². The summed E-state index contributed by atoms with van der Waals surface area (Å²) in [6.07, 6.45) is 6.14. The molecule has 2 fully saturated rings. The van der Waals surface area contributed by atoms with Crippen LogP contribution in [0.4, 0.5) is 0 Å². The molecule has 1 amide bonds. The SMILES string of the molecule is C=C/C(C#N)=C1/CCC(CN2CCN(C(=O)Cc3ccc4c(c3C)COC4=O)CC2)/C1=C/C. The number of hydrogen-bond acceptors (Lipinski definition) is 5. The molecule has 0 aromatic heterocycles. The highest BCUT2D eigenvalue weighted by Crippen LogP contribution is 2.38. The van der Waals surface area contributed by atoms with Crippen molar-refractivity contribution in [3.63, 3.8) is 0 Å². The maximum atomic E-state index is 13.0. The monoisotopic (exact) mass is 445 g/mol. The van der Waals surface area contributed by atoms with Gasteiger partial charge in [-0.15, -0.1) is 0 Å². The molecular weight excluding hydrogens is 414 g/mol. The summed E-state index contributed by atoms with van der Waals surface area (Å²) in [4.78, 5) is 29.1. The molecule has 1 aliphatic carbocycles. The molecular formula is C27H31N3O3. The van der Waals surface area contributed by atoms with Gasteiger partial charge in [0.2, 0.25) is 5.91 Å². The molecule has 6 heteroatoms. The summed E-state index contributed by atoms with van der Waals surface area (Å²) in [6, 6.07) is 5.95. The molecule has 0 bridgehead atoms. The lowest BCUT2D eigenvalue weighted by atomic mass is 9.96. The first-order valence-corrected chi connectivity index (χ1v) is 11.7. The van der Waals surface area contributed by atoms with Crippen molar-refractivity contribution in [1.82, 2.24) is 9.80 Å². The summed E-state index contributed by atoms with van der Waals surface area (Å²) in [5.41, 5.74) is 6.61. The van der Waals surface area contributed by atoms with E-state index in [2.05, 4.69) is 23.6 Å². The molecule has 0 spiro atoms. The summed E-state index contributed by atoms with van der Waals surface area (Å²) < 4.78 is 5.13. The van der Waals surface area contributed by atoms with E-state index in [1.54, 1.807) is 12.1 Å². The summed E-state index contributed by atoms with van der Waals surface area (Å²) in [5, 5.41) is 9.39. The largest absolute Gasteiger partial charge is 0.457 e. The van der Waals surface area contributed by atoms with Crippen LogP contribution in [0.3, 0.4) is 0 Å². The van der Waals surface area contributed by atoms with Crippen molar-refractivity contribution in [2.75, 3.05) is 32.7 Å². The van der Waals surface area contributed by atoms with Gasteiger partial charge in [-0.1, -0.05) is 24.8 Å². The van der Waals surface area contributed by atoms with Gasteiger partial charge in [0.15, 0.2) is 0 Å². The Morgan fingerprint density at radius 2 is 2.06 bits per heavy atom. The summed E-state index contributed by atoms with van der Waals surface area (Å²) in [5.74, 6) is 0.281. The number of allylic oxidation sites excluding steroid dienone is 4. The van der Waals surface area contributed by atoms with Gasteiger partial charge in [-0.05, 0) is 60.9 Å². The van der Waals surface area contributed by atoms with Gasteiger partial charge in [0.05, 0.1) is 23.6 Å². The van der Waals surface area contributed by atoms with Gasteiger partial charge in [-0.3, -0.25) is 9.69 Å². The second kappa shape index (κ2) is 9.76. The minimum absolute atomic E-state index is 0.132. The Labute approximate surface area is 195 Å². The standard InChI is InChI=1S/C27H31N3O3/c1-4-19(15-28)23-8-7-21(22(23)5-2)16-29-10-12-30(13-11-29)26(31)14-20-6-9-24-25(18(20)3)17-33-27(24)32/h4-6,9,21H,1,7-8,10-14,16-17H2,2-3H3/b22-5-,23-19+. The van der Waals surface area contributed by atoms with Crippen LogP contribution in [-0.2, 0) is 22.6 Å². The van der Waals surface area contributed by atoms with E-state index in [1.165, 1.54) is 5.57 Å². The van der Waals surface area contributed by atoms with Crippen molar-refractivity contribution in [3.8, 4) is 6.07 Å². The van der Waals surface area contributed by atoms with Crippen molar-refractivity contribution in [2.24, 2.45) is 5.92 Å². The van der Waals surface area contributed by atoms with Crippen molar-refractivity contribution in [3.05, 3.63) is 69.8 Å². The Morgan fingerprint density at radius 3 is 2.73 bits per heavy atom. The first-order chi connectivity index (χ1) is 16.0. The number of amides is 1. The molecule has 4 rings (SSSR count). The smallest absolute Gasteiger partial charge is 0.338 e. The van der Waals surface area contributed by atoms with E-state index < -0.39 is 0 Å². The second-order valence-corrected chi connectivity index (χ2v) is 9.00. The van der Waals surface area contributed by atoms with Gasteiger partial charge in [0, 0.05) is 38.3 Å². The molecule has 1 atom stereocenters. The number of nitriles is 1. The predicted molar refractivity (Wildman–Crippen MR) is 126 cm³/mol. The molecule has 0 radical (unpaired) electrons. The average molecular weight is 446 g/mol. The maximum absolute atomic E-state index is 13.0. The van der Waals surface area contributed by atoms with Crippen LogP contribution in [0.15, 0.2) is 47.6 Å². The lowest BCUT2D eigenvalue weighted by Crippen LogP contribution is -2.50. The highest BCUT2D eigenvalue weighted by molar-refractivity contribution is 5.94. The van der Waals surface area contributed by atoms with E-state index in [1.807, 2.05) is 24.8 Å². The number of carbonyl (C=O) groups excluding carboxylic acids is 2. The zero-order chi connectivity index (χ0) is 23.5. The van der Waals surface area contributed by atoms with Gasteiger partial charge < -0.3 is 9.64 Å². The zero-order valence-electron chi connectivity index (χ0n) is 19.5. The van der Waals surface area contributed by atoms with Gasteiger partial charge in [0.25, 0.3) is 0 Å². The number of carbonyl (C=O) groups is 2. The Kier molecular flexibility index (Phi) is 6.80. The van der Waals surface area contributed by atoms with Gasteiger partial charge >= 0.3 is 5.97 Å². The Hall–Kier alpha value is -3.17. The molecule has 33 heavy (non-hydrogen) atoms. The van der Waals surface area contributed by atoms with Crippen LogP contribution in [-0.4, -0.2) is 54.4 Å². The van der Waals surface area contributed by atoms with Gasteiger partial charge in [0.1, 0.15) is 6.61 Å². The molecule has 3 aliphatic rings. The molecule has 1 unspecified atom stereocenters. The van der Waals surface area contributed by atoms with Crippen LogP contribution >= 0.6 is 0 Å². The number of esters is 1. The highest BCUT2D eigenvalue weighted by Gasteiger charge is 2.30. The highest BCUT2D eigenvalue weighted by atomic mass is 16.5. The lowest BCUT2D eigenvalue weighted by molar-refractivity contribution is -0.132. The van der Waals surface area contributed by atoms with Crippen molar-refractivity contribution < 1.29 is 14.3 Å². The predicted octanol–water partition coefficient (Wildman–Crippen LogP) is 3.71. The molecule has 6 nitrogen and oxygen atoms in total. The lowest BCUT2D eigenvalue weighted by Gasteiger charge is -2.36. The summed E-state index contributed by atoms with van der Waals surface area (Å²) in [6.45, 7) is 12.2. The Bertz CT molecular complexity index is 1080. The molecule has 1 saturated carbocycles. The fraction of sp³-hybridized carbons (Fsp3) is 0.444. The first kappa shape index (κ1) is 23.0. The topological polar surface area (TPSA) is 73.6 Å². The van der Waals surface area contributed by atoms with Crippen LogP contribution in [0.25, 0.3) is 0 Å². The Balaban J connectivity index is 1.33. The van der Waals surface area contributed by atoms with E-state index in [0.717, 1.165) is 67.8 Å². The van der Waals surface area contributed by atoms with Crippen molar-refractivity contribution in [2.45, 2.75) is 39.7 Å². The number of ether oxygens (including phenoxy) is 1. The molecule has 1 aromatic carbocycles. The molecule has 2 aliphatic heterocycles. The van der Waals surface area contributed by atoms with Crippen LogP contribution < -0.4 is 0 Å². The van der Waals surface area contributed by atoms with E-state index in [4.69, 9.17) is 4.74 Å².